The number of amides is 1. The molecule has 0 aromatic carbocycles. The van der Waals surface area contributed by atoms with Crippen molar-refractivity contribution in [2.24, 2.45) is 7.05 Å². The van der Waals surface area contributed by atoms with Gasteiger partial charge in [0.1, 0.15) is 0 Å². The summed E-state index contributed by atoms with van der Waals surface area (Å²) in [4.78, 5) is 15.9. The molecule has 1 aromatic rings. The van der Waals surface area contributed by atoms with Crippen LogP contribution >= 0.6 is 0 Å². The average Bonchev–Trinajstić information content (AvgIpc) is 2.53. The van der Waals surface area contributed by atoms with Crippen LogP contribution < -0.4 is 5.32 Å². The first-order valence-corrected chi connectivity index (χ1v) is 5.31. The van der Waals surface area contributed by atoms with Gasteiger partial charge in [-0.3, -0.25) is 4.79 Å². The fourth-order valence-electron chi connectivity index (χ4n) is 1.95. The molecule has 0 aliphatic heterocycles. The molecule has 1 aromatic heterocycles. The normalized spacial score (nSPS) is 11.6. The zero-order chi connectivity index (χ0) is 12.5. The first-order valence-electron chi connectivity index (χ1n) is 5.31. The van der Waals surface area contributed by atoms with Crippen molar-refractivity contribution in [3.63, 3.8) is 0 Å². The fourth-order valence-corrected chi connectivity index (χ4v) is 1.95. The summed E-state index contributed by atoms with van der Waals surface area (Å²) >= 11 is 0. The van der Waals surface area contributed by atoms with Gasteiger partial charge in [0.25, 0.3) is 5.91 Å². The molecule has 0 aliphatic carbocycles. The van der Waals surface area contributed by atoms with E-state index in [1.165, 1.54) is 0 Å². The van der Waals surface area contributed by atoms with Crippen molar-refractivity contribution in [2.75, 3.05) is 7.05 Å². The Morgan fingerprint density at radius 1 is 1.50 bits per heavy atom. The Balaban J connectivity index is 3.38. The third-order valence-corrected chi connectivity index (χ3v) is 2.50. The van der Waals surface area contributed by atoms with E-state index in [9.17, 15) is 4.79 Å². The lowest BCUT2D eigenvalue weighted by Crippen LogP contribution is -2.24. The number of rotatable bonds is 2. The molecular weight excluding hydrogens is 201 g/mol. The lowest BCUT2D eigenvalue weighted by Gasteiger charge is -2.21. The van der Waals surface area contributed by atoms with E-state index in [2.05, 4.69) is 31.1 Å². The number of carbonyl (C=O) groups excluding carboxylic acids is 1. The lowest BCUT2D eigenvalue weighted by atomic mass is 9.87. The molecule has 0 saturated heterocycles. The molecule has 0 spiro atoms. The number of hydrogen-bond donors (Lipinski definition) is 1. The van der Waals surface area contributed by atoms with Gasteiger partial charge in [0.15, 0.2) is 5.82 Å². The van der Waals surface area contributed by atoms with E-state index in [0.29, 0.717) is 12.1 Å². The molecule has 0 aliphatic rings. The summed E-state index contributed by atoms with van der Waals surface area (Å²) < 4.78 is 1.82. The highest BCUT2D eigenvalue weighted by molar-refractivity contribution is 6.08. The molecule has 0 atom stereocenters. The van der Waals surface area contributed by atoms with Crippen molar-refractivity contribution in [1.82, 2.24) is 14.9 Å². The summed E-state index contributed by atoms with van der Waals surface area (Å²) in [6.07, 6.45) is 0.345. The molecule has 0 bridgehead atoms. The zero-order valence-electron chi connectivity index (χ0n) is 10.6. The fraction of sp³-hybridized carbons (Fsp3) is 0.636. The van der Waals surface area contributed by atoms with Gasteiger partial charge in [0.2, 0.25) is 0 Å². The van der Waals surface area contributed by atoms with E-state index < -0.39 is 0 Å². The van der Waals surface area contributed by atoms with Crippen LogP contribution in [0.2, 0.25) is 0 Å². The second-order valence-corrected chi connectivity index (χ2v) is 4.82. The molecule has 4 nitrogen and oxygen atoms in total. The van der Waals surface area contributed by atoms with Crippen molar-refractivity contribution in [1.29, 1.82) is 0 Å². The van der Waals surface area contributed by atoms with Crippen LogP contribution in [0.5, 0.6) is 0 Å². The van der Waals surface area contributed by atoms with Gasteiger partial charge in [-0.15, -0.1) is 0 Å². The van der Waals surface area contributed by atoms with E-state index in [0.717, 1.165) is 11.4 Å². The van der Waals surface area contributed by atoms with Crippen molar-refractivity contribution < 1.29 is 4.79 Å². The molecule has 2 radical (unpaired) electrons. The minimum atomic E-state index is -0.187. The zero-order valence-corrected chi connectivity index (χ0v) is 10.6. The number of nitrogens with zero attached hydrogens (tertiary/aromatic N) is 2. The van der Waals surface area contributed by atoms with E-state index in [1.54, 1.807) is 7.05 Å². The van der Waals surface area contributed by atoms with Gasteiger partial charge in [-0.2, -0.15) is 0 Å². The maximum absolute atomic E-state index is 11.6. The molecule has 0 fully saturated rings. The van der Waals surface area contributed by atoms with Gasteiger partial charge >= 0.3 is 0 Å². The Morgan fingerprint density at radius 3 is 2.38 bits per heavy atom. The van der Waals surface area contributed by atoms with Gasteiger partial charge in [-0.05, 0) is 6.32 Å². The number of imidazole rings is 1. The Labute approximate surface area is 97.9 Å². The molecule has 1 rings (SSSR count). The minimum Gasteiger partial charge on any atom is -0.352 e. The number of carbonyl (C=O) groups is 1. The molecule has 1 amide bonds. The Kier molecular flexibility index (Phi) is 3.46. The first-order chi connectivity index (χ1) is 7.32. The molecule has 1 N–H and O–H groups in total. The second-order valence-electron chi connectivity index (χ2n) is 4.82. The highest BCUT2D eigenvalue weighted by atomic mass is 16.2. The summed E-state index contributed by atoms with van der Waals surface area (Å²) in [5.41, 5.74) is 1.71. The summed E-state index contributed by atoms with van der Waals surface area (Å²) in [5, 5.41) is 2.58. The number of aromatic nitrogens is 2. The molecule has 5 heteroatoms. The second kappa shape index (κ2) is 4.32. The minimum absolute atomic E-state index is 0.0806. The van der Waals surface area contributed by atoms with Crippen LogP contribution in [0, 0.1) is 0 Å². The monoisotopic (exact) mass is 219 g/mol. The standard InChI is InChI=1S/C11H18BN3O/c1-11(2,3)8-7(6-12)14-9(15(8)5)10(16)13-4/h6H2,1-5H3,(H,13,16). The van der Waals surface area contributed by atoms with Crippen LogP contribution in [-0.2, 0) is 18.8 Å². The third kappa shape index (κ3) is 2.13. The summed E-state index contributed by atoms with van der Waals surface area (Å²) in [5.74, 6) is 0.223. The van der Waals surface area contributed by atoms with Crippen molar-refractivity contribution in [3.05, 3.63) is 17.2 Å². The molecule has 1 heterocycles. The van der Waals surface area contributed by atoms with E-state index in [4.69, 9.17) is 7.85 Å². The lowest BCUT2D eigenvalue weighted by molar-refractivity contribution is 0.0949. The summed E-state index contributed by atoms with van der Waals surface area (Å²) in [6, 6.07) is 0. The maximum Gasteiger partial charge on any atom is 0.287 e. The van der Waals surface area contributed by atoms with Gasteiger partial charge in [0, 0.05) is 25.2 Å². The number of nitrogens with one attached hydrogen (secondary N) is 1. The quantitative estimate of drug-likeness (QED) is 0.746. The van der Waals surface area contributed by atoms with Gasteiger partial charge in [0.05, 0.1) is 13.5 Å². The highest BCUT2D eigenvalue weighted by Gasteiger charge is 2.26. The van der Waals surface area contributed by atoms with E-state index in [1.807, 2.05) is 11.6 Å². The van der Waals surface area contributed by atoms with Crippen LogP contribution in [0.1, 0.15) is 42.8 Å². The van der Waals surface area contributed by atoms with Gasteiger partial charge < -0.3 is 9.88 Å². The Hall–Kier alpha value is -1.26. The molecule has 16 heavy (non-hydrogen) atoms. The summed E-state index contributed by atoms with van der Waals surface area (Å²) in [6.45, 7) is 6.24. The van der Waals surface area contributed by atoms with Crippen LogP contribution in [0.15, 0.2) is 0 Å². The van der Waals surface area contributed by atoms with Crippen LogP contribution in [0.3, 0.4) is 0 Å². The largest absolute Gasteiger partial charge is 0.352 e. The summed E-state index contributed by atoms with van der Waals surface area (Å²) in [7, 11) is 9.10. The van der Waals surface area contributed by atoms with Crippen molar-refractivity contribution >= 4 is 13.8 Å². The van der Waals surface area contributed by atoms with Gasteiger partial charge in [-0.25, -0.2) is 4.98 Å². The van der Waals surface area contributed by atoms with Crippen molar-refractivity contribution in [3.8, 4) is 0 Å². The molecule has 86 valence electrons. The topological polar surface area (TPSA) is 46.9 Å². The van der Waals surface area contributed by atoms with Crippen LogP contribution in [0.25, 0.3) is 0 Å². The first kappa shape index (κ1) is 12.8. The molecule has 0 unspecified atom stereocenters. The Morgan fingerprint density at radius 2 is 2.06 bits per heavy atom. The van der Waals surface area contributed by atoms with Crippen LogP contribution in [0.4, 0.5) is 0 Å². The molecular formula is C11H18BN3O. The molecule has 0 saturated carbocycles. The SMILES string of the molecule is [B]Cc1nc(C(=O)NC)n(C)c1C(C)(C)C. The third-order valence-electron chi connectivity index (χ3n) is 2.50. The van der Waals surface area contributed by atoms with Gasteiger partial charge in [-0.1, -0.05) is 20.8 Å². The number of hydrogen-bond acceptors (Lipinski definition) is 2. The van der Waals surface area contributed by atoms with E-state index >= 15 is 0 Å². The van der Waals surface area contributed by atoms with E-state index in [-0.39, 0.29) is 11.3 Å². The van der Waals surface area contributed by atoms with Crippen molar-refractivity contribution in [2.45, 2.75) is 32.5 Å². The predicted octanol–water partition coefficient (Wildman–Crippen LogP) is 0.746. The highest BCUT2D eigenvalue weighted by Crippen LogP contribution is 2.26. The average molecular weight is 219 g/mol. The maximum atomic E-state index is 11.6. The Bertz CT molecular complexity index is 404. The smallest absolute Gasteiger partial charge is 0.287 e. The predicted molar refractivity (Wildman–Crippen MR) is 64.8 cm³/mol. The van der Waals surface area contributed by atoms with Crippen LogP contribution in [-0.4, -0.2) is 30.4 Å².